The Balaban J connectivity index is 1.35. The number of nitrogens with one attached hydrogen (secondary N) is 2. The molecule has 0 aliphatic carbocycles. The van der Waals surface area contributed by atoms with Gasteiger partial charge in [-0.05, 0) is 48.5 Å². The quantitative estimate of drug-likeness (QED) is 0.448. The van der Waals surface area contributed by atoms with Gasteiger partial charge in [-0.25, -0.2) is 9.78 Å². The van der Waals surface area contributed by atoms with Crippen LogP contribution in [0.3, 0.4) is 0 Å². The Hall–Kier alpha value is -4.04. The Kier molecular flexibility index (Phi) is 6.23. The number of methoxy groups -OCH3 is 1. The molecule has 0 saturated heterocycles. The molecule has 4 rings (SSSR count). The summed E-state index contributed by atoms with van der Waals surface area (Å²) in [5, 5.41) is 5.94. The fourth-order valence-corrected chi connectivity index (χ4v) is 3.15. The summed E-state index contributed by atoms with van der Waals surface area (Å²) in [4.78, 5) is 28.8. The van der Waals surface area contributed by atoms with Crippen molar-refractivity contribution in [3.63, 3.8) is 0 Å². The predicted molar refractivity (Wildman–Crippen MR) is 123 cm³/mol. The van der Waals surface area contributed by atoms with E-state index in [9.17, 15) is 9.59 Å². The topological polar surface area (TPSA) is 94.0 Å². The Labute approximate surface area is 188 Å². The summed E-state index contributed by atoms with van der Waals surface area (Å²) in [6, 6.07) is 18.3. The van der Waals surface area contributed by atoms with Gasteiger partial charge in [-0.1, -0.05) is 17.7 Å². The molecule has 0 bridgehead atoms. The Morgan fingerprint density at radius 3 is 2.56 bits per heavy atom. The molecule has 2 aromatic heterocycles. The second-order valence-electron chi connectivity index (χ2n) is 6.79. The van der Waals surface area contributed by atoms with E-state index in [4.69, 9.17) is 21.1 Å². The van der Waals surface area contributed by atoms with Gasteiger partial charge in [0, 0.05) is 29.7 Å². The molecule has 8 nitrogen and oxygen atoms in total. The maximum absolute atomic E-state index is 12.2. The summed E-state index contributed by atoms with van der Waals surface area (Å²) in [5.41, 5.74) is 1.96. The minimum absolute atomic E-state index is 0.122. The standard InChI is InChI=1S/C23H19ClN4O4/c1-31-20-4-2-3-17(11-20)27-23(30)26-16-6-8-19(9-7-16)32-14-18-12-22(29)28-13-15(24)5-10-21(28)25-18/h2-13H,14H2,1H3,(H2,26,27,30). The number of fused-ring (bicyclic) bond motifs is 1. The first-order valence-corrected chi connectivity index (χ1v) is 10.0. The number of ether oxygens (including phenoxy) is 2. The fraction of sp³-hybridized carbons (Fsp3) is 0.0870. The van der Waals surface area contributed by atoms with Crippen LogP contribution in [0, 0.1) is 0 Å². The van der Waals surface area contributed by atoms with Gasteiger partial charge >= 0.3 is 6.03 Å². The molecule has 0 aliphatic heterocycles. The highest BCUT2D eigenvalue weighted by molar-refractivity contribution is 6.30. The van der Waals surface area contributed by atoms with Crippen molar-refractivity contribution < 1.29 is 14.3 Å². The highest BCUT2D eigenvalue weighted by Gasteiger charge is 2.06. The highest BCUT2D eigenvalue weighted by atomic mass is 35.5. The molecular weight excluding hydrogens is 432 g/mol. The third-order valence-corrected chi connectivity index (χ3v) is 4.73. The van der Waals surface area contributed by atoms with Crippen molar-refractivity contribution in [2.24, 2.45) is 0 Å². The van der Waals surface area contributed by atoms with Gasteiger partial charge in [-0.2, -0.15) is 0 Å². The SMILES string of the molecule is COc1cccc(NC(=O)Nc2ccc(OCc3cc(=O)n4cc(Cl)ccc4n3)cc2)c1. The highest BCUT2D eigenvalue weighted by Crippen LogP contribution is 2.19. The number of carbonyl (C=O) groups is 1. The number of hydrogen-bond donors (Lipinski definition) is 2. The number of benzene rings is 2. The summed E-state index contributed by atoms with van der Waals surface area (Å²) in [6.07, 6.45) is 1.52. The van der Waals surface area contributed by atoms with Gasteiger partial charge in [0.2, 0.25) is 0 Å². The molecule has 4 aromatic rings. The van der Waals surface area contributed by atoms with Gasteiger partial charge in [-0.3, -0.25) is 9.20 Å². The van der Waals surface area contributed by atoms with Crippen LogP contribution in [0.5, 0.6) is 11.5 Å². The number of pyridine rings is 1. The van der Waals surface area contributed by atoms with Gasteiger partial charge in [0.05, 0.1) is 17.8 Å². The summed E-state index contributed by atoms with van der Waals surface area (Å²) < 4.78 is 12.2. The molecule has 2 heterocycles. The van der Waals surface area contributed by atoms with Gasteiger partial charge in [0.25, 0.3) is 5.56 Å². The third-order valence-electron chi connectivity index (χ3n) is 4.50. The van der Waals surface area contributed by atoms with Gasteiger partial charge in [-0.15, -0.1) is 0 Å². The first-order chi connectivity index (χ1) is 15.5. The number of aromatic nitrogens is 2. The normalized spacial score (nSPS) is 10.6. The van der Waals surface area contributed by atoms with Crippen LogP contribution >= 0.6 is 11.6 Å². The van der Waals surface area contributed by atoms with Gasteiger partial charge < -0.3 is 20.1 Å². The monoisotopic (exact) mass is 450 g/mol. The Morgan fingerprint density at radius 1 is 1.00 bits per heavy atom. The van der Waals surface area contributed by atoms with E-state index in [0.29, 0.717) is 39.2 Å². The number of hydrogen-bond acceptors (Lipinski definition) is 5. The first kappa shape index (κ1) is 21.2. The number of nitrogens with zero attached hydrogens (tertiary/aromatic N) is 2. The van der Waals surface area contributed by atoms with Crippen molar-refractivity contribution >= 4 is 34.7 Å². The molecule has 9 heteroatoms. The molecule has 0 aliphatic rings. The van der Waals surface area contributed by atoms with E-state index in [-0.39, 0.29) is 18.2 Å². The lowest BCUT2D eigenvalue weighted by molar-refractivity contribution is 0.262. The molecule has 0 spiro atoms. The van der Waals surface area contributed by atoms with Crippen LogP contribution in [0.1, 0.15) is 5.69 Å². The molecule has 162 valence electrons. The maximum Gasteiger partial charge on any atom is 0.323 e. The lowest BCUT2D eigenvalue weighted by atomic mass is 10.3. The summed E-state index contributed by atoms with van der Waals surface area (Å²) in [5.74, 6) is 1.22. The number of halogens is 1. The van der Waals surface area contributed by atoms with E-state index >= 15 is 0 Å². The molecule has 2 aromatic carbocycles. The van der Waals surface area contributed by atoms with Crippen LogP contribution in [0.2, 0.25) is 5.02 Å². The molecule has 32 heavy (non-hydrogen) atoms. The van der Waals surface area contributed by atoms with Crippen molar-refractivity contribution in [3.05, 3.63) is 94.0 Å². The minimum Gasteiger partial charge on any atom is -0.497 e. The molecule has 0 radical (unpaired) electrons. The smallest absolute Gasteiger partial charge is 0.323 e. The zero-order chi connectivity index (χ0) is 22.5. The van der Waals surface area contributed by atoms with E-state index < -0.39 is 0 Å². The largest absolute Gasteiger partial charge is 0.497 e. The molecule has 0 unspecified atom stereocenters. The maximum atomic E-state index is 12.2. The van der Waals surface area contributed by atoms with Crippen LogP contribution in [0.25, 0.3) is 5.65 Å². The number of amides is 2. The average molecular weight is 451 g/mol. The second-order valence-corrected chi connectivity index (χ2v) is 7.22. The number of anilines is 2. The van der Waals surface area contributed by atoms with E-state index in [2.05, 4.69) is 15.6 Å². The second kappa shape index (κ2) is 9.40. The zero-order valence-corrected chi connectivity index (χ0v) is 17.8. The number of carbonyl (C=O) groups excluding carboxylic acids is 1. The van der Waals surface area contributed by atoms with Crippen molar-refractivity contribution in [2.45, 2.75) is 6.61 Å². The van der Waals surface area contributed by atoms with Crippen LogP contribution in [-0.4, -0.2) is 22.5 Å². The average Bonchev–Trinajstić information content (AvgIpc) is 2.79. The third kappa shape index (κ3) is 5.16. The number of urea groups is 1. The molecular formula is C23H19ClN4O4. The Morgan fingerprint density at radius 2 is 1.78 bits per heavy atom. The van der Waals surface area contributed by atoms with Crippen molar-refractivity contribution in [3.8, 4) is 11.5 Å². The van der Waals surface area contributed by atoms with Crippen molar-refractivity contribution in [1.82, 2.24) is 9.38 Å². The number of rotatable bonds is 6. The van der Waals surface area contributed by atoms with E-state index in [1.54, 1.807) is 67.8 Å². The van der Waals surface area contributed by atoms with Crippen LogP contribution in [0.4, 0.5) is 16.2 Å². The molecule has 0 saturated carbocycles. The van der Waals surface area contributed by atoms with Crippen LogP contribution < -0.4 is 25.7 Å². The molecule has 2 N–H and O–H groups in total. The first-order valence-electron chi connectivity index (χ1n) is 9.63. The van der Waals surface area contributed by atoms with Crippen molar-refractivity contribution in [1.29, 1.82) is 0 Å². The summed E-state index contributed by atoms with van der Waals surface area (Å²) >= 11 is 5.92. The van der Waals surface area contributed by atoms with E-state index in [1.807, 2.05) is 0 Å². The van der Waals surface area contributed by atoms with Gasteiger partial charge in [0.1, 0.15) is 23.8 Å². The fourth-order valence-electron chi connectivity index (χ4n) is 2.99. The lowest BCUT2D eigenvalue weighted by Crippen LogP contribution is -2.19. The van der Waals surface area contributed by atoms with Crippen molar-refractivity contribution in [2.75, 3.05) is 17.7 Å². The van der Waals surface area contributed by atoms with E-state index in [1.165, 1.54) is 16.7 Å². The summed E-state index contributed by atoms with van der Waals surface area (Å²) in [6.45, 7) is 0.122. The molecule has 2 amide bonds. The van der Waals surface area contributed by atoms with Crippen LogP contribution in [-0.2, 0) is 6.61 Å². The minimum atomic E-state index is -0.382. The van der Waals surface area contributed by atoms with Gasteiger partial charge in [0.15, 0.2) is 0 Å². The molecule has 0 atom stereocenters. The predicted octanol–water partition coefficient (Wildman–Crippen LogP) is 4.58. The van der Waals surface area contributed by atoms with E-state index in [0.717, 1.165) is 0 Å². The molecule has 0 fully saturated rings. The lowest BCUT2D eigenvalue weighted by Gasteiger charge is -2.10. The Bertz CT molecular complexity index is 1320. The zero-order valence-electron chi connectivity index (χ0n) is 17.0. The summed E-state index contributed by atoms with van der Waals surface area (Å²) in [7, 11) is 1.56. The van der Waals surface area contributed by atoms with Crippen LogP contribution in [0.15, 0.2) is 77.7 Å².